The minimum absolute atomic E-state index is 0.194. The zero-order chi connectivity index (χ0) is 16.1. The van der Waals surface area contributed by atoms with Crippen molar-refractivity contribution < 1.29 is 23.5 Å². The highest BCUT2D eigenvalue weighted by molar-refractivity contribution is 5.78. The molecule has 2 N–H and O–H groups in total. The molecule has 0 spiro atoms. The highest BCUT2D eigenvalue weighted by Gasteiger charge is 2.33. The van der Waals surface area contributed by atoms with Gasteiger partial charge in [0.05, 0.1) is 5.92 Å². The second-order valence-corrected chi connectivity index (χ2v) is 5.65. The zero-order valence-electron chi connectivity index (χ0n) is 12.1. The van der Waals surface area contributed by atoms with Gasteiger partial charge in [-0.3, -0.25) is 9.59 Å². The molecule has 1 aromatic carbocycles. The fourth-order valence-electron chi connectivity index (χ4n) is 2.86. The van der Waals surface area contributed by atoms with Crippen molar-refractivity contribution in [3.63, 3.8) is 0 Å². The summed E-state index contributed by atoms with van der Waals surface area (Å²) in [5, 5.41) is 11.8. The van der Waals surface area contributed by atoms with E-state index in [0.29, 0.717) is 31.2 Å². The molecule has 0 bridgehead atoms. The average molecular weight is 311 g/mol. The Hall–Kier alpha value is -1.98. The summed E-state index contributed by atoms with van der Waals surface area (Å²) in [5.74, 6) is -3.35. The fraction of sp³-hybridized carbons (Fsp3) is 0.500. The summed E-state index contributed by atoms with van der Waals surface area (Å²) in [6, 6.07) is 3.40. The summed E-state index contributed by atoms with van der Waals surface area (Å²) in [5.41, 5.74) is 0.635. The summed E-state index contributed by atoms with van der Waals surface area (Å²) in [6.07, 6.45) is 3.29. The molecule has 120 valence electrons. The van der Waals surface area contributed by atoms with Crippen LogP contribution in [0.15, 0.2) is 18.2 Å². The van der Waals surface area contributed by atoms with Crippen LogP contribution in [-0.2, 0) is 16.0 Å². The minimum Gasteiger partial charge on any atom is -0.481 e. The van der Waals surface area contributed by atoms with E-state index in [2.05, 4.69) is 5.32 Å². The van der Waals surface area contributed by atoms with Crippen LogP contribution in [0.4, 0.5) is 8.78 Å². The Morgan fingerprint density at radius 3 is 2.68 bits per heavy atom. The first-order valence-electron chi connectivity index (χ1n) is 7.43. The highest BCUT2D eigenvalue weighted by atomic mass is 19.2. The van der Waals surface area contributed by atoms with Crippen LogP contribution in [0.2, 0.25) is 0 Å². The maximum absolute atomic E-state index is 13.0. The van der Waals surface area contributed by atoms with E-state index in [1.165, 1.54) is 6.07 Å². The molecule has 1 saturated carbocycles. The van der Waals surface area contributed by atoms with Gasteiger partial charge in [0.25, 0.3) is 0 Å². The van der Waals surface area contributed by atoms with Crippen molar-refractivity contribution in [1.82, 2.24) is 5.32 Å². The topological polar surface area (TPSA) is 66.4 Å². The molecule has 6 heteroatoms. The Kier molecular flexibility index (Phi) is 5.46. The van der Waals surface area contributed by atoms with Crippen molar-refractivity contribution in [2.24, 2.45) is 5.92 Å². The lowest BCUT2D eigenvalue weighted by Gasteiger charge is -2.17. The Morgan fingerprint density at radius 2 is 2.00 bits per heavy atom. The first-order chi connectivity index (χ1) is 10.5. The van der Waals surface area contributed by atoms with E-state index in [1.54, 1.807) is 0 Å². The molecule has 1 amide bonds. The second-order valence-electron chi connectivity index (χ2n) is 5.65. The van der Waals surface area contributed by atoms with Gasteiger partial charge in [-0.05, 0) is 43.4 Å². The fourth-order valence-corrected chi connectivity index (χ4v) is 2.86. The molecule has 1 aliphatic carbocycles. The zero-order valence-corrected chi connectivity index (χ0v) is 12.1. The molecule has 0 aromatic heterocycles. The van der Waals surface area contributed by atoms with Gasteiger partial charge in [-0.1, -0.05) is 12.5 Å². The van der Waals surface area contributed by atoms with E-state index >= 15 is 0 Å². The van der Waals surface area contributed by atoms with Gasteiger partial charge in [-0.15, -0.1) is 0 Å². The molecule has 1 fully saturated rings. The number of aliphatic carboxylic acids is 1. The van der Waals surface area contributed by atoms with Crippen LogP contribution in [0.1, 0.15) is 37.7 Å². The Balaban J connectivity index is 1.76. The van der Waals surface area contributed by atoms with Gasteiger partial charge < -0.3 is 10.4 Å². The summed E-state index contributed by atoms with van der Waals surface area (Å²) in [7, 11) is 0. The van der Waals surface area contributed by atoms with Crippen LogP contribution in [0, 0.1) is 17.6 Å². The van der Waals surface area contributed by atoms with Crippen molar-refractivity contribution in [2.45, 2.75) is 44.6 Å². The number of hydrogen-bond acceptors (Lipinski definition) is 2. The molecule has 1 aliphatic rings. The molecule has 22 heavy (non-hydrogen) atoms. The van der Waals surface area contributed by atoms with Crippen LogP contribution in [0.5, 0.6) is 0 Å². The average Bonchev–Trinajstić information content (AvgIpc) is 2.91. The van der Waals surface area contributed by atoms with E-state index in [9.17, 15) is 18.4 Å². The van der Waals surface area contributed by atoms with Gasteiger partial charge in [0.1, 0.15) is 0 Å². The number of nitrogens with one attached hydrogen (secondary N) is 1. The Morgan fingerprint density at radius 1 is 1.23 bits per heavy atom. The highest BCUT2D eigenvalue weighted by Crippen LogP contribution is 2.25. The smallest absolute Gasteiger partial charge is 0.308 e. The molecule has 4 nitrogen and oxygen atoms in total. The third-order valence-corrected chi connectivity index (χ3v) is 4.03. The number of amides is 1. The molecule has 2 rings (SSSR count). The summed E-state index contributed by atoms with van der Waals surface area (Å²) < 4.78 is 25.8. The van der Waals surface area contributed by atoms with Crippen LogP contribution in [0.25, 0.3) is 0 Å². The maximum atomic E-state index is 13.0. The first-order valence-corrected chi connectivity index (χ1v) is 7.43. The summed E-state index contributed by atoms with van der Waals surface area (Å²) in [6.45, 7) is 0. The van der Waals surface area contributed by atoms with E-state index in [-0.39, 0.29) is 18.4 Å². The summed E-state index contributed by atoms with van der Waals surface area (Å²) in [4.78, 5) is 22.9. The summed E-state index contributed by atoms with van der Waals surface area (Å²) >= 11 is 0. The van der Waals surface area contributed by atoms with Crippen molar-refractivity contribution in [1.29, 1.82) is 0 Å². The number of rotatable bonds is 6. The third kappa shape index (κ3) is 4.26. The van der Waals surface area contributed by atoms with E-state index in [0.717, 1.165) is 18.6 Å². The van der Waals surface area contributed by atoms with Crippen molar-refractivity contribution in [2.75, 3.05) is 0 Å². The van der Waals surface area contributed by atoms with Crippen LogP contribution >= 0.6 is 0 Å². The first kappa shape index (κ1) is 16.4. The number of carbonyl (C=O) groups is 2. The number of halogens is 2. The van der Waals surface area contributed by atoms with Gasteiger partial charge in [0, 0.05) is 12.5 Å². The number of hydrogen-bond donors (Lipinski definition) is 2. The number of aryl methyl sites for hydroxylation is 1. The lowest BCUT2D eigenvalue weighted by Crippen LogP contribution is -2.40. The molecule has 1 aromatic rings. The largest absolute Gasteiger partial charge is 0.481 e. The molecular formula is C16H19F2NO3. The molecular weight excluding hydrogens is 292 g/mol. The molecule has 0 unspecified atom stereocenters. The van der Waals surface area contributed by atoms with Gasteiger partial charge in [0.2, 0.25) is 5.91 Å². The van der Waals surface area contributed by atoms with Crippen molar-refractivity contribution in [3.8, 4) is 0 Å². The maximum Gasteiger partial charge on any atom is 0.308 e. The monoisotopic (exact) mass is 311 g/mol. The number of carboxylic acids is 1. The standard InChI is InChI=1S/C16H19F2NO3/c17-12-8-7-10(9-13(12)18)3-1-6-15(20)19-14-5-2-4-11(14)16(21)22/h7-9,11,14H,1-6H2,(H,19,20)(H,21,22)/t11-,14+/m0/s1. The van der Waals surface area contributed by atoms with Gasteiger partial charge in [-0.25, -0.2) is 8.78 Å². The van der Waals surface area contributed by atoms with E-state index < -0.39 is 23.5 Å². The number of carboxylic acid groups (broad SMARTS) is 1. The number of benzene rings is 1. The van der Waals surface area contributed by atoms with Gasteiger partial charge >= 0.3 is 5.97 Å². The van der Waals surface area contributed by atoms with Crippen molar-refractivity contribution in [3.05, 3.63) is 35.4 Å². The van der Waals surface area contributed by atoms with Gasteiger partial charge in [-0.2, -0.15) is 0 Å². The van der Waals surface area contributed by atoms with E-state index in [4.69, 9.17) is 5.11 Å². The normalized spacial score (nSPS) is 20.8. The molecule has 0 radical (unpaired) electrons. The van der Waals surface area contributed by atoms with E-state index in [1.807, 2.05) is 0 Å². The predicted molar refractivity (Wildman–Crippen MR) is 76.2 cm³/mol. The minimum atomic E-state index is -0.891. The SMILES string of the molecule is O=C(CCCc1ccc(F)c(F)c1)N[C@@H]1CCC[C@@H]1C(=O)O. The molecule has 0 saturated heterocycles. The molecule has 2 atom stereocenters. The molecule has 0 heterocycles. The second kappa shape index (κ2) is 7.33. The lowest BCUT2D eigenvalue weighted by molar-refractivity contribution is -0.142. The van der Waals surface area contributed by atoms with Crippen LogP contribution < -0.4 is 5.32 Å². The van der Waals surface area contributed by atoms with Gasteiger partial charge in [0.15, 0.2) is 11.6 Å². The van der Waals surface area contributed by atoms with Crippen LogP contribution in [-0.4, -0.2) is 23.0 Å². The quantitative estimate of drug-likeness (QED) is 0.849. The number of carbonyl (C=O) groups excluding carboxylic acids is 1. The Labute approximate surface area is 127 Å². The molecule has 0 aliphatic heterocycles. The third-order valence-electron chi connectivity index (χ3n) is 4.03. The van der Waals surface area contributed by atoms with Crippen LogP contribution in [0.3, 0.4) is 0 Å². The van der Waals surface area contributed by atoms with Crippen molar-refractivity contribution >= 4 is 11.9 Å². The predicted octanol–water partition coefficient (Wildman–Crippen LogP) is 2.66. The Bertz CT molecular complexity index is 562. The lowest BCUT2D eigenvalue weighted by atomic mass is 10.0.